The zero-order valence-corrected chi connectivity index (χ0v) is 10.5. The Bertz CT molecular complexity index is 560. The molecule has 2 heterocycles. The Morgan fingerprint density at radius 1 is 1.28 bits per heavy atom. The molecule has 94 valence electrons. The molecule has 5 nitrogen and oxygen atoms in total. The Balaban J connectivity index is 1.75. The molecular weight excluding hydrogens is 226 g/mol. The number of hydrogen-bond donors (Lipinski definition) is 1. The average Bonchev–Trinajstić information content (AvgIpc) is 2.94. The number of nitrogens with two attached hydrogens (primary N) is 1. The van der Waals surface area contributed by atoms with Gasteiger partial charge in [-0.3, -0.25) is 4.90 Å². The van der Waals surface area contributed by atoms with Gasteiger partial charge in [0.05, 0.1) is 6.54 Å². The first kappa shape index (κ1) is 11.2. The van der Waals surface area contributed by atoms with Crippen molar-refractivity contribution < 1.29 is 0 Å². The predicted molar refractivity (Wildman–Crippen MR) is 69.5 cm³/mol. The number of rotatable bonds is 3. The van der Waals surface area contributed by atoms with Crippen molar-refractivity contribution in [3.8, 4) is 0 Å². The molecule has 1 aromatic heterocycles. The van der Waals surface area contributed by atoms with E-state index in [-0.39, 0.29) is 0 Å². The van der Waals surface area contributed by atoms with Crippen LogP contribution in [0.5, 0.6) is 0 Å². The summed E-state index contributed by atoms with van der Waals surface area (Å²) in [4.78, 5) is 6.68. The zero-order valence-electron chi connectivity index (χ0n) is 10.5. The van der Waals surface area contributed by atoms with E-state index in [1.807, 2.05) is 10.7 Å². The fourth-order valence-electron chi connectivity index (χ4n) is 2.47. The van der Waals surface area contributed by atoms with Gasteiger partial charge in [0.25, 0.3) is 0 Å². The summed E-state index contributed by atoms with van der Waals surface area (Å²) in [6.45, 7) is 5.69. The molecular formula is C13H17N5. The third kappa shape index (κ3) is 1.97. The molecule has 0 amide bonds. The van der Waals surface area contributed by atoms with Crippen molar-refractivity contribution in [2.24, 2.45) is 0 Å². The normalized spacial score (nSPS) is 14.9. The van der Waals surface area contributed by atoms with Crippen LogP contribution in [-0.2, 0) is 26.2 Å². The summed E-state index contributed by atoms with van der Waals surface area (Å²) in [6, 6.07) is 6.16. The first-order valence-electron chi connectivity index (χ1n) is 6.22. The molecule has 1 aliphatic heterocycles. The number of fused-ring (bicyclic) bond motifs is 1. The van der Waals surface area contributed by atoms with Crippen LogP contribution in [0.25, 0.3) is 0 Å². The molecule has 0 fully saturated rings. The number of benzene rings is 1. The Morgan fingerprint density at radius 3 is 2.94 bits per heavy atom. The van der Waals surface area contributed by atoms with Gasteiger partial charge in [0, 0.05) is 25.3 Å². The highest BCUT2D eigenvalue weighted by Gasteiger charge is 2.20. The summed E-state index contributed by atoms with van der Waals surface area (Å²) in [5.41, 5.74) is 9.35. The lowest BCUT2D eigenvalue weighted by Gasteiger charge is -2.14. The minimum atomic E-state index is 0.836. The Labute approximate surface area is 106 Å². The smallest absolute Gasteiger partial charge is 0.141 e. The highest BCUT2D eigenvalue weighted by molar-refractivity contribution is 5.46. The molecule has 0 unspecified atom stereocenters. The van der Waals surface area contributed by atoms with E-state index in [1.165, 1.54) is 11.1 Å². The molecule has 0 bridgehead atoms. The molecule has 3 rings (SSSR count). The number of aryl methyl sites for hydroxylation is 1. The largest absolute Gasteiger partial charge is 0.399 e. The molecule has 0 spiro atoms. The molecule has 0 aliphatic carbocycles. The van der Waals surface area contributed by atoms with E-state index >= 15 is 0 Å². The van der Waals surface area contributed by atoms with Gasteiger partial charge in [0.2, 0.25) is 0 Å². The van der Waals surface area contributed by atoms with E-state index in [0.717, 1.165) is 37.7 Å². The molecule has 2 N–H and O–H groups in total. The van der Waals surface area contributed by atoms with Crippen LogP contribution >= 0.6 is 0 Å². The Morgan fingerprint density at radius 2 is 2.11 bits per heavy atom. The average molecular weight is 243 g/mol. The SMILES string of the molecule is CCn1ncnc1CN1Cc2ccc(N)cc2C1. The van der Waals surface area contributed by atoms with E-state index < -0.39 is 0 Å². The second-order valence-corrected chi connectivity index (χ2v) is 4.67. The highest BCUT2D eigenvalue weighted by atomic mass is 15.3. The van der Waals surface area contributed by atoms with E-state index in [9.17, 15) is 0 Å². The summed E-state index contributed by atoms with van der Waals surface area (Å²) in [7, 11) is 0. The molecule has 2 aromatic rings. The van der Waals surface area contributed by atoms with Crippen LogP contribution in [0, 0.1) is 0 Å². The molecule has 0 atom stereocenters. The molecule has 1 aromatic carbocycles. The van der Waals surface area contributed by atoms with Crippen LogP contribution in [-0.4, -0.2) is 19.7 Å². The summed E-state index contributed by atoms with van der Waals surface area (Å²) >= 11 is 0. The van der Waals surface area contributed by atoms with Crippen LogP contribution in [0.15, 0.2) is 24.5 Å². The fourth-order valence-corrected chi connectivity index (χ4v) is 2.47. The molecule has 0 radical (unpaired) electrons. The van der Waals surface area contributed by atoms with Crippen LogP contribution in [0.2, 0.25) is 0 Å². The highest BCUT2D eigenvalue weighted by Crippen LogP contribution is 2.25. The van der Waals surface area contributed by atoms with Crippen molar-refractivity contribution in [3.63, 3.8) is 0 Å². The molecule has 0 saturated heterocycles. The summed E-state index contributed by atoms with van der Waals surface area (Å²) in [6.07, 6.45) is 1.63. The molecule has 5 heteroatoms. The molecule has 1 aliphatic rings. The van der Waals surface area contributed by atoms with Crippen molar-refractivity contribution in [2.45, 2.75) is 33.1 Å². The van der Waals surface area contributed by atoms with Crippen LogP contribution < -0.4 is 5.73 Å². The van der Waals surface area contributed by atoms with Gasteiger partial charge in [-0.1, -0.05) is 6.07 Å². The van der Waals surface area contributed by atoms with Crippen molar-refractivity contribution in [1.82, 2.24) is 19.7 Å². The topological polar surface area (TPSA) is 60.0 Å². The van der Waals surface area contributed by atoms with E-state index in [2.05, 4.69) is 34.0 Å². The number of aromatic nitrogens is 3. The lowest BCUT2D eigenvalue weighted by Crippen LogP contribution is -2.19. The van der Waals surface area contributed by atoms with Crippen LogP contribution in [0.4, 0.5) is 5.69 Å². The van der Waals surface area contributed by atoms with E-state index in [1.54, 1.807) is 6.33 Å². The lowest BCUT2D eigenvalue weighted by molar-refractivity contribution is 0.262. The fraction of sp³-hybridized carbons (Fsp3) is 0.385. The van der Waals surface area contributed by atoms with Crippen LogP contribution in [0.3, 0.4) is 0 Å². The van der Waals surface area contributed by atoms with Gasteiger partial charge in [-0.15, -0.1) is 0 Å². The quantitative estimate of drug-likeness (QED) is 0.828. The third-order valence-electron chi connectivity index (χ3n) is 3.38. The van der Waals surface area contributed by atoms with Gasteiger partial charge in [0.1, 0.15) is 12.2 Å². The Hall–Kier alpha value is -1.88. The number of nitrogens with zero attached hydrogens (tertiary/aromatic N) is 4. The minimum Gasteiger partial charge on any atom is -0.399 e. The second-order valence-electron chi connectivity index (χ2n) is 4.67. The van der Waals surface area contributed by atoms with Crippen molar-refractivity contribution in [3.05, 3.63) is 41.5 Å². The monoisotopic (exact) mass is 243 g/mol. The standard InChI is InChI=1S/C13H17N5/c1-2-18-13(15-9-16-18)8-17-6-10-3-4-12(14)5-11(10)7-17/h3-5,9H,2,6-8,14H2,1H3. The maximum atomic E-state index is 5.81. The van der Waals surface area contributed by atoms with Gasteiger partial charge in [-0.2, -0.15) is 5.10 Å². The number of anilines is 1. The van der Waals surface area contributed by atoms with Crippen molar-refractivity contribution in [2.75, 3.05) is 5.73 Å². The van der Waals surface area contributed by atoms with Gasteiger partial charge in [-0.25, -0.2) is 9.67 Å². The van der Waals surface area contributed by atoms with Gasteiger partial charge in [0.15, 0.2) is 0 Å². The van der Waals surface area contributed by atoms with Crippen molar-refractivity contribution >= 4 is 5.69 Å². The minimum absolute atomic E-state index is 0.836. The maximum Gasteiger partial charge on any atom is 0.141 e. The van der Waals surface area contributed by atoms with Gasteiger partial charge in [-0.05, 0) is 30.2 Å². The summed E-state index contributed by atoms with van der Waals surface area (Å²) in [5, 5.41) is 4.20. The zero-order chi connectivity index (χ0) is 12.5. The maximum absolute atomic E-state index is 5.81. The number of nitrogen functional groups attached to an aromatic ring is 1. The van der Waals surface area contributed by atoms with Gasteiger partial charge >= 0.3 is 0 Å². The predicted octanol–water partition coefficient (Wildman–Crippen LogP) is 1.40. The van der Waals surface area contributed by atoms with E-state index in [0.29, 0.717) is 0 Å². The molecule has 18 heavy (non-hydrogen) atoms. The molecule has 0 saturated carbocycles. The summed E-state index contributed by atoms with van der Waals surface area (Å²) in [5.74, 6) is 1.03. The third-order valence-corrected chi connectivity index (χ3v) is 3.38. The number of hydrogen-bond acceptors (Lipinski definition) is 4. The Kier molecular flexibility index (Phi) is 2.76. The van der Waals surface area contributed by atoms with Crippen LogP contribution in [0.1, 0.15) is 23.9 Å². The van der Waals surface area contributed by atoms with E-state index in [4.69, 9.17) is 5.73 Å². The first-order chi connectivity index (χ1) is 8.76. The first-order valence-corrected chi connectivity index (χ1v) is 6.22. The summed E-state index contributed by atoms with van der Waals surface area (Å²) < 4.78 is 1.94. The second kappa shape index (κ2) is 4.42. The van der Waals surface area contributed by atoms with Gasteiger partial charge < -0.3 is 5.73 Å². The lowest BCUT2D eigenvalue weighted by atomic mass is 10.1. The van der Waals surface area contributed by atoms with Crippen molar-refractivity contribution in [1.29, 1.82) is 0 Å².